The van der Waals surface area contributed by atoms with E-state index >= 15 is 0 Å². The summed E-state index contributed by atoms with van der Waals surface area (Å²) < 4.78 is 0. The lowest BCUT2D eigenvalue weighted by Gasteiger charge is -2.24. The molecule has 0 aliphatic carbocycles. The first kappa shape index (κ1) is 21.5. The van der Waals surface area contributed by atoms with Crippen molar-refractivity contribution in [3.05, 3.63) is 34.9 Å². The van der Waals surface area contributed by atoms with E-state index in [9.17, 15) is 0 Å². The number of guanidine groups is 1. The monoisotopic (exact) mass is 464 g/mol. The fraction of sp³-hybridized carbons (Fsp3) is 0.611. The van der Waals surface area contributed by atoms with Gasteiger partial charge in [-0.2, -0.15) is 0 Å². The van der Waals surface area contributed by atoms with E-state index < -0.39 is 0 Å². The van der Waals surface area contributed by atoms with Crippen molar-refractivity contribution >= 4 is 41.5 Å². The lowest BCUT2D eigenvalue weighted by molar-refractivity contribution is 0.324. The van der Waals surface area contributed by atoms with E-state index in [1.165, 1.54) is 38.0 Å². The number of nitrogens with one attached hydrogen (secondary N) is 1. The normalized spacial score (nSPS) is 18.3. The summed E-state index contributed by atoms with van der Waals surface area (Å²) >= 11 is 6.06. The number of likely N-dealkylation sites (tertiary alicyclic amines) is 1. The van der Waals surface area contributed by atoms with Crippen LogP contribution in [0.15, 0.2) is 29.3 Å². The summed E-state index contributed by atoms with van der Waals surface area (Å²) in [5.41, 5.74) is 1.19. The molecule has 1 heterocycles. The first-order valence-corrected chi connectivity index (χ1v) is 8.88. The lowest BCUT2D eigenvalue weighted by Crippen LogP contribution is -2.41. The van der Waals surface area contributed by atoms with E-state index in [1.807, 2.05) is 25.2 Å². The zero-order valence-electron chi connectivity index (χ0n) is 15.0. The summed E-state index contributed by atoms with van der Waals surface area (Å²) in [5, 5.41) is 4.30. The second-order valence-corrected chi connectivity index (χ2v) is 6.81. The van der Waals surface area contributed by atoms with Crippen molar-refractivity contribution in [2.75, 3.05) is 40.3 Å². The topological polar surface area (TPSA) is 30.9 Å². The Balaban J connectivity index is 0.00000288. The standard InChI is InChI=1S/C18H29ClN4.HI/c1-4-9-23-10-8-16(14-23)12-21-18(20-2)22(3)13-15-6-5-7-17(19)11-15;/h5-7,11,16H,4,8-10,12-14H2,1-3H3,(H,20,21);1H. The summed E-state index contributed by atoms with van der Waals surface area (Å²) in [5.74, 6) is 1.66. The third-order valence-electron chi connectivity index (χ3n) is 4.34. The van der Waals surface area contributed by atoms with Gasteiger partial charge in [0.2, 0.25) is 0 Å². The Bertz CT molecular complexity index is 523. The molecule has 1 N–H and O–H groups in total. The molecule has 0 aromatic heterocycles. The molecular weight excluding hydrogens is 435 g/mol. The third-order valence-corrected chi connectivity index (χ3v) is 4.58. The molecular formula is C18H30ClIN4. The molecule has 1 fully saturated rings. The van der Waals surface area contributed by atoms with E-state index in [-0.39, 0.29) is 24.0 Å². The van der Waals surface area contributed by atoms with Crippen molar-refractivity contribution in [2.45, 2.75) is 26.3 Å². The lowest BCUT2D eigenvalue weighted by atomic mass is 10.1. The molecule has 0 saturated carbocycles. The van der Waals surface area contributed by atoms with E-state index in [0.717, 1.165) is 30.0 Å². The van der Waals surface area contributed by atoms with Gasteiger partial charge >= 0.3 is 0 Å². The SMILES string of the molecule is CCCN1CCC(CNC(=NC)N(C)Cc2cccc(Cl)c2)C1.I. The summed E-state index contributed by atoms with van der Waals surface area (Å²) in [6.45, 7) is 7.70. The van der Waals surface area contributed by atoms with Crippen molar-refractivity contribution < 1.29 is 0 Å². The van der Waals surface area contributed by atoms with Crippen LogP contribution in [0.3, 0.4) is 0 Å². The molecule has 1 saturated heterocycles. The molecule has 24 heavy (non-hydrogen) atoms. The molecule has 1 atom stereocenters. The summed E-state index contributed by atoms with van der Waals surface area (Å²) in [7, 11) is 3.91. The molecule has 4 nitrogen and oxygen atoms in total. The molecule has 0 radical (unpaired) electrons. The van der Waals surface area contributed by atoms with Crippen molar-refractivity contribution in [3.63, 3.8) is 0 Å². The van der Waals surface area contributed by atoms with Gasteiger partial charge in [0, 0.05) is 38.8 Å². The second-order valence-electron chi connectivity index (χ2n) is 6.37. The fourth-order valence-electron chi connectivity index (χ4n) is 3.20. The zero-order chi connectivity index (χ0) is 16.7. The average Bonchev–Trinajstić information content (AvgIpc) is 2.96. The van der Waals surface area contributed by atoms with Crippen molar-refractivity contribution in [3.8, 4) is 0 Å². The van der Waals surface area contributed by atoms with Crippen molar-refractivity contribution in [1.82, 2.24) is 15.1 Å². The Hall–Kier alpha value is -0.530. The zero-order valence-corrected chi connectivity index (χ0v) is 18.1. The number of aliphatic imine (C=N–C) groups is 1. The first-order valence-electron chi connectivity index (χ1n) is 8.51. The number of nitrogens with zero attached hydrogens (tertiary/aromatic N) is 3. The second kappa shape index (κ2) is 11.2. The molecule has 1 aliphatic rings. The van der Waals surface area contributed by atoms with Gasteiger partial charge in [0.1, 0.15) is 0 Å². The minimum atomic E-state index is 0. The van der Waals surface area contributed by atoms with E-state index in [4.69, 9.17) is 11.6 Å². The highest BCUT2D eigenvalue weighted by molar-refractivity contribution is 14.0. The highest BCUT2D eigenvalue weighted by Gasteiger charge is 2.22. The molecule has 0 spiro atoms. The van der Waals surface area contributed by atoms with Gasteiger partial charge in [0.15, 0.2) is 5.96 Å². The van der Waals surface area contributed by atoms with Gasteiger partial charge in [0.25, 0.3) is 0 Å². The van der Waals surface area contributed by atoms with Crippen LogP contribution in [-0.4, -0.2) is 56.0 Å². The molecule has 136 valence electrons. The number of halogens is 2. The van der Waals surface area contributed by atoms with Crippen LogP contribution in [0.1, 0.15) is 25.3 Å². The van der Waals surface area contributed by atoms with Gasteiger partial charge in [0.05, 0.1) is 0 Å². The van der Waals surface area contributed by atoms with Gasteiger partial charge in [-0.25, -0.2) is 0 Å². The van der Waals surface area contributed by atoms with E-state index in [2.05, 4.69) is 40.1 Å². The molecule has 2 rings (SSSR count). The highest BCUT2D eigenvalue weighted by atomic mass is 127. The number of hydrogen-bond acceptors (Lipinski definition) is 2. The van der Waals surface area contributed by atoms with E-state index in [1.54, 1.807) is 0 Å². The van der Waals surface area contributed by atoms with Gasteiger partial charge in [-0.3, -0.25) is 4.99 Å². The van der Waals surface area contributed by atoms with Gasteiger partial charge in [-0.1, -0.05) is 30.7 Å². The molecule has 6 heteroatoms. The Morgan fingerprint density at radius 1 is 1.46 bits per heavy atom. The van der Waals surface area contributed by atoms with Gasteiger partial charge in [-0.15, -0.1) is 24.0 Å². The minimum Gasteiger partial charge on any atom is -0.356 e. The molecule has 0 bridgehead atoms. The van der Waals surface area contributed by atoms with Gasteiger partial charge < -0.3 is 15.1 Å². The van der Waals surface area contributed by atoms with E-state index in [0.29, 0.717) is 0 Å². The Morgan fingerprint density at radius 3 is 2.92 bits per heavy atom. The number of rotatable bonds is 6. The van der Waals surface area contributed by atoms with Crippen LogP contribution in [0.25, 0.3) is 0 Å². The minimum absolute atomic E-state index is 0. The third kappa shape index (κ3) is 6.76. The van der Waals surface area contributed by atoms with Crippen LogP contribution in [0.2, 0.25) is 5.02 Å². The van der Waals surface area contributed by atoms with Crippen molar-refractivity contribution in [2.24, 2.45) is 10.9 Å². The number of benzene rings is 1. The Labute approximate surface area is 168 Å². The molecule has 0 amide bonds. The van der Waals surface area contributed by atoms with Crippen LogP contribution in [0.5, 0.6) is 0 Å². The van der Waals surface area contributed by atoms with Crippen LogP contribution < -0.4 is 5.32 Å². The maximum absolute atomic E-state index is 6.06. The Morgan fingerprint density at radius 2 is 2.25 bits per heavy atom. The quantitative estimate of drug-likeness (QED) is 0.396. The molecule has 1 unspecified atom stereocenters. The summed E-state index contributed by atoms with van der Waals surface area (Å²) in [6.07, 6.45) is 2.52. The molecule has 1 aromatic carbocycles. The van der Waals surface area contributed by atoms with Gasteiger partial charge in [-0.05, 0) is 49.5 Å². The maximum atomic E-state index is 6.06. The maximum Gasteiger partial charge on any atom is 0.193 e. The smallest absolute Gasteiger partial charge is 0.193 e. The fourth-order valence-corrected chi connectivity index (χ4v) is 3.42. The molecule has 1 aliphatic heterocycles. The first-order chi connectivity index (χ1) is 11.1. The van der Waals surface area contributed by atoms with Crippen LogP contribution in [-0.2, 0) is 6.54 Å². The summed E-state index contributed by atoms with van der Waals surface area (Å²) in [6, 6.07) is 7.99. The molecule has 1 aromatic rings. The van der Waals surface area contributed by atoms with Crippen LogP contribution in [0.4, 0.5) is 0 Å². The van der Waals surface area contributed by atoms with Crippen LogP contribution in [0, 0.1) is 5.92 Å². The Kier molecular flexibility index (Phi) is 10.0. The largest absolute Gasteiger partial charge is 0.356 e. The van der Waals surface area contributed by atoms with Crippen molar-refractivity contribution in [1.29, 1.82) is 0 Å². The van der Waals surface area contributed by atoms with Crippen LogP contribution >= 0.6 is 35.6 Å². The highest BCUT2D eigenvalue weighted by Crippen LogP contribution is 2.16. The predicted molar refractivity (Wildman–Crippen MR) is 115 cm³/mol. The predicted octanol–water partition coefficient (Wildman–Crippen LogP) is 3.70. The number of hydrogen-bond donors (Lipinski definition) is 1. The average molecular weight is 465 g/mol. The summed E-state index contributed by atoms with van der Waals surface area (Å²) in [4.78, 5) is 9.11.